The van der Waals surface area contributed by atoms with Crippen molar-refractivity contribution in [1.82, 2.24) is 0 Å². The lowest BCUT2D eigenvalue weighted by molar-refractivity contribution is -0.114. The van der Waals surface area contributed by atoms with E-state index in [0.29, 0.717) is 31.5 Å². The Morgan fingerprint density at radius 1 is 1.03 bits per heavy atom. The topological polar surface area (TPSA) is 66.5 Å². The van der Waals surface area contributed by atoms with E-state index in [1.807, 2.05) is 0 Å². The van der Waals surface area contributed by atoms with Gasteiger partial charge in [-0.25, -0.2) is 8.42 Å². The Morgan fingerprint density at radius 2 is 1.73 bits per heavy atom. The number of halogens is 3. The minimum absolute atomic E-state index is 0.0823. The van der Waals surface area contributed by atoms with E-state index in [1.165, 1.54) is 12.1 Å². The van der Waals surface area contributed by atoms with Crippen LogP contribution < -0.4 is 9.62 Å². The van der Waals surface area contributed by atoms with Gasteiger partial charge in [0.2, 0.25) is 5.91 Å². The van der Waals surface area contributed by atoms with E-state index >= 15 is 0 Å². The van der Waals surface area contributed by atoms with Crippen LogP contribution >= 0.6 is 39.1 Å². The molecule has 0 heterocycles. The number of sulfonamides is 1. The van der Waals surface area contributed by atoms with Crippen molar-refractivity contribution in [2.75, 3.05) is 16.2 Å². The van der Waals surface area contributed by atoms with Crippen molar-refractivity contribution in [1.29, 1.82) is 0 Å². The van der Waals surface area contributed by atoms with Crippen molar-refractivity contribution < 1.29 is 13.2 Å². The molecule has 0 unspecified atom stereocenters. The molecule has 0 bridgehead atoms. The van der Waals surface area contributed by atoms with E-state index in [9.17, 15) is 13.2 Å². The third kappa shape index (κ3) is 5.16. The first-order chi connectivity index (χ1) is 14.2. The molecular weight excluding hydrogens is 511 g/mol. The number of nitrogens with one attached hydrogen (secondary N) is 1. The van der Waals surface area contributed by atoms with Gasteiger partial charge in [0.15, 0.2) is 0 Å². The van der Waals surface area contributed by atoms with Gasteiger partial charge in [0, 0.05) is 15.2 Å². The molecule has 0 aromatic heterocycles. The highest BCUT2D eigenvalue weighted by molar-refractivity contribution is 9.10. The van der Waals surface area contributed by atoms with Crippen molar-refractivity contribution in [3.05, 3.63) is 86.8 Å². The average molecular weight is 528 g/mol. The summed E-state index contributed by atoms with van der Waals surface area (Å²) < 4.78 is 28.4. The van der Waals surface area contributed by atoms with Crippen LogP contribution in [0.3, 0.4) is 0 Å². The number of amides is 1. The molecule has 0 saturated heterocycles. The van der Waals surface area contributed by atoms with Crippen LogP contribution in [0.1, 0.15) is 5.56 Å². The Labute approximate surface area is 193 Å². The third-order valence-electron chi connectivity index (χ3n) is 4.25. The summed E-state index contributed by atoms with van der Waals surface area (Å²) in [5, 5.41) is 3.59. The minimum Gasteiger partial charge on any atom is -0.324 e. The molecule has 1 N–H and O–H groups in total. The van der Waals surface area contributed by atoms with Crippen LogP contribution in [0, 0.1) is 6.92 Å². The van der Waals surface area contributed by atoms with Crippen LogP contribution in [0.2, 0.25) is 10.0 Å². The van der Waals surface area contributed by atoms with Gasteiger partial charge in [-0.2, -0.15) is 0 Å². The summed E-state index contributed by atoms with van der Waals surface area (Å²) >= 11 is 15.4. The van der Waals surface area contributed by atoms with E-state index in [-0.39, 0.29) is 4.90 Å². The molecule has 0 spiro atoms. The molecular formula is C21H17BrCl2N2O3S. The zero-order chi connectivity index (χ0) is 21.9. The standard InChI is InChI=1S/C21H17BrCl2N2O3S/c1-14-11-15(23)7-10-20(14)26(30(28,29)17-5-3-2-4-6-17)13-21(27)25-16-8-9-18(22)19(24)12-16/h2-12H,13H2,1H3,(H,25,27). The summed E-state index contributed by atoms with van der Waals surface area (Å²) in [5.74, 6) is -0.512. The maximum absolute atomic E-state index is 13.3. The summed E-state index contributed by atoms with van der Waals surface area (Å²) in [6.45, 7) is 1.31. The smallest absolute Gasteiger partial charge is 0.264 e. The molecule has 0 aliphatic rings. The van der Waals surface area contributed by atoms with E-state index in [1.54, 1.807) is 61.5 Å². The number of aryl methyl sites for hydroxylation is 1. The van der Waals surface area contributed by atoms with Crippen molar-refractivity contribution >= 4 is 66.4 Å². The fourth-order valence-corrected chi connectivity index (χ4v) is 4.98. The van der Waals surface area contributed by atoms with E-state index in [2.05, 4.69) is 21.2 Å². The van der Waals surface area contributed by atoms with Gasteiger partial charge < -0.3 is 5.32 Å². The Balaban J connectivity index is 1.97. The van der Waals surface area contributed by atoms with Crippen LogP contribution in [0.5, 0.6) is 0 Å². The minimum atomic E-state index is -4.00. The molecule has 3 aromatic rings. The summed E-state index contributed by atoms with van der Waals surface area (Å²) in [6.07, 6.45) is 0. The molecule has 5 nitrogen and oxygen atoms in total. The second-order valence-electron chi connectivity index (χ2n) is 6.43. The predicted octanol–water partition coefficient (Wildman–Crippen LogP) is 5.90. The zero-order valence-corrected chi connectivity index (χ0v) is 19.7. The van der Waals surface area contributed by atoms with Gasteiger partial charge in [-0.3, -0.25) is 9.10 Å². The molecule has 3 aromatic carbocycles. The fraction of sp³-hybridized carbons (Fsp3) is 0.0952. The molecule has 0 aliphatic carbocycles. The number of hydrogen-bond acceptors (Lipinski definition) is 3. The number of hydrogen-bond donors (Lipinski definition) is 1. The Hall–Kier alpha value is -2.06. The summed E-state index contributed by atoms with van der Waals surface area (Å²) in [5.41, 5.74) is 1.45. The normalized spacial score (nSPS) is 11.2. The van der Waals surface area contributed by atoms with Crippen molar-refractivity contribution in [2.45, 2.75) is 11.8 Å². The first-order valence-corrected chi connectivity index (χ1v) is 11.8. The third-order valence-corrected chi connectivity index (χ3v) is 7.49. The molecule has 0 aliphatic heterocycles. The monoisotopic (exact) mass is 526 g/mol. The van der Waals surface area contributed by atoms with Gasteiger partial charge in [-0.05, 0) is 76.9 Å². The van der Waals surface area contributed by atoms with Crippen LogP contribution in [0.15, 0.2) is 76.1 Å². The number of anilines is 2. The van der Waals surface area contributed by atoms with Gasteiger partial charge in [0.25, 0.3) is 10.0 Å². The molecule has 0 radical (unpaired) electrons. The predicted molar refractivity (Wildman–Crippen MR) is 125 cm³/mol. The van der Waals surface area contributed by atoms with Gasteiger partial charge >= 0.3 is 0 Å². The van der Waals surface area contributed by atoms with E-state index < -0.39 is 22.5 Å². The van der Waals surface area contributed by atoms with Crippen LogP contribution in [0.25, 0.3) is 0 Å². The van der Waals surface area contributed by atoms with Crippen LogP contribution in [0.4, 0.5) is 11.4 Å². The molecule has 9 heteroatoms. The summed E-state index contributed by atoms with van der Waals surface area (Å²) in [7, 11) is -4.00. The average Bonchev–Trinajstić information content (AvgIpc) is 2.70. The van der Waals surface area contributed by atoms with Gasteiger partial charge in [0.05, 0.1) is 15.6 Å². The maximum Gasteiger partial charge on any atom is 0.264 e. The van der Waals surface area contributed by atoms with Gasteiger partial charge in [0.1, 0.15) is 6.54 Å². The summed E-state index contributed by atoms with van der Waals surface area (Å²) in [4.78, 5) is 12.8. The lowest BCUT2D eigenvalue weighted by Crippen LogP contribution is -2.38. The molecule has 0 atom stereocenters. The number of carbonyl (C=O) groups excluding carboxylic acids is 1. The zero-order valence-electron chi connectivity index (χ0n) is 15.8. The maximum atomic E-state index is 13.3. The number of nitrogens with zero attached hydrogens (tertiary/aromatic N) is 1. The molecule has 1 amide bonds. The van der Waals surface area contributed by atoms with Gasteiger partial charge in [-0.15, -0.1) is 0 Å². The lowest BCUT2D eigenvalue weighted by Gasteiger charge is -2.25. The highest BCUT2D eigenvalue weighted by Gasteiger charge is 2.28. The largest absolute Gasteiger partial charge is 0.324 e. The number of carbonyl (C=O) groups is 1. The lowest BCUT2D eigenvalue weighted by atomic mass is 10.2. The molecule has 0 saturated carbocycles. The Morgan fingerprint density at radius 3 is 2.37 bits per heavy atom. The van der Waals surface area contributed by atoms with Crippen molar-refractivity contribution in [3.8, 4) is 0 Å². The van der Waals surface area contributed by atoms with E-state index in [4.69, 9.17) is 23.2 Å². The highest BCUT2D eigenvalue weighted by Crippen LogP contribution is 2.29. The summed E-state index contributed by atoms with van der Waals surface area (Å²) in [6, 6.07) is 17.7. The van der Waals surface area contributed by atoms with Crippen LogP contribution in [-0.2, 0) is 14.8 Å². The second-order valence-corrected chi connectivity index (χ2v) is 9.99. The van der Waals surface area contributed by atoms with Gasteiger partial charge in [-0.1, -0.05) is 41.4 Å². The molecule has 30 heavy (non-hydrogen) atoms. The quantitative estimate of drug-likeness (QED) is 0.434. The molecule has 0 fully saturated rings. The molecule has 156 valence electrons. The highest BCUT2D eigenvalue weighted by atomic mass is 79.9. The van der Waals surface area contributed by atoms with E-state index in [0.717, 1.165) is 4.31 Å². The molecule has 3 rings (SSSR count). The van der Waals surface area contributed by atoms with Crippen LogP contribution in [-0.4, -0.2) is 20.9 Å². The first-order valence-electron chi connectivity index (χ1n) is 8.77. The first kappa shape index (κ1) is 22.6. The van der Waals surface area contributed by atoms with Crippen molar-refractivity contribution in [2.24, 2.45) is 0 Å². The number of benzene rings is 3. The second kappa shape index (κ2) is 9.39. The Bertz CT molecular complexity index is 1190. The fourth-order valence-electron chi connectivity index (χ4n) is 2.82. The number of rotatable bonds is 6. The van der Waals surface area contributed by atoms with Crippen molar-refractivity contribution in [3.63, 3.8) is 0 Å². The Kier molecular flexibility index (Phi) is 7.08. The SMILES string of the molecule is Cc1cc(Cl)ccc1N(CC(=O)Nc1ccc(Br)c(Cl)c1)S(=O)(=O)c1ccccc1.